The molecule has 2 aromatic carbocycles. The van der Waals surface area contributed by atoms with E-state index in [0.717, 1.165) is 31.4 Å². The van der Waals surface area contributed by atoms with Crippen LogP contribution in [0.5, 0.6) is 5.75 Å². The molecule has 5 rings (SSSR count). The molecule has 1 saturated heterocycles. The number of nitrogens with two attached hydrogens (primary N) is 1. The van der Waals surface area contributed by atoms with Gasteiger partial charge in [0.2, 0.25) is 5.91 Å². The fourth-order valence-corrected chi connectivity index (χ4v) is 5.11. The van der Waals surface area contributed by atoms with Crippen molar-refractivity contribution in [2.75, 3.05) is 45.7 Å². The summed E-state index contributed by atoms with van der Waals surface area (Å²) in [4.78, 5) is 35.5. The van der Waals surface area contributed by atoms with Crippen LogP contribution in [0.25, 0.3) is 31.4 Å². The first-order valence-electron chi connectivity index (χ1n) is 10.8. The van der Waals surface area contributed by atoms with Gasteiger partial charge >= 0.3 is 0 Å². The van der Waals surface area contributed by atoms with E-state index in [4.69, 9.17) is 15.2 Å². The maximum atomic E-state index is 12.9. The van der Waals surface area contributed by atoms with E-state index < -0.39 is 0 Å². The highest BCUT2D eigenvalue weighted by molar-refractivity contribution is 7.26. The van der Waals surface area contributed by atoms with E-state index in [2.05, 4.69) is 15.3 Å². The number of morpholine rings is 1. The summed E-state index contributed by atoms with van der Waals surface area (Å²) in [5.74, 6) is 0.393. The minimum Gasteiger partial charge on any atom is -0.496 e. The Bertz CT molecular complexity index is 1400. The first-order valence-corrected chi connectivity index (χ1v) is 11.6. The fourth-order valence-electron chi connectivity index (χ4n) is 4.01. The molecule has 0 bridgehead atoms. The lowest BCUT2D eigenvalue weighted by atomic mass is 10.0. The SMILES string of the molecule is COc1ccc(-c2ccc3c(c2)sc2c(N)ncnc23)cc1C(=O)NCC(=O)N1CCOCC1. The number of thiophene rings is 1. The predicted molar refractivity (Wildman–Crippen MR) is 131 cm³/mol. The van der Waals surface area contributed by atoms with E-state index in [0.29, 0.717) is 43.4 Å². The molecule has 174 valence electrons. The number of nitrogens with zero attached hydrogens (tertiary/aromatic N) is 3. The van der Waals surface area contributed by atoms with Gasteiger partial charge in [-0.25, -0.2) is 9.97 Å². The molecule has 0 radical (unpaired) electrons. The van der Waals surface area contributed by atoms with E-state index in [-0.39, 0.29) is 18.4 Å². The number of nitrogen functional groups attached to an aromatic ring is 1. The first kappa shape index (κ1) is 22.1. The molecule has 3 N–H and O–H groups in total. The van der Waals surface area contributed by atoms with E-state index in [1.165, 1.54) is 24.8 Å². The monoisotopic (exact) mass is 477 g/mol. The molecule has 9 nitrogen and oxygen atoms in total. The Balaban J connectivity index is 1.41. The Hall–Kier alpha value is -3.76. The zero-order valence-corrected chi connectivity index (χ0v) is 19.4. The molecule has 0 aliphatic carbocycles. The number of aromatic nitrogens is 2. The van der Waals surface area contributed by atoms with E-state index in [1.807, 2.05) is 24.3 Å². The van der Waals surface area contributed by atoms with E-state index >= 15 is 0 Å². The van der Waals surface area contributed by atoms with Crippen molar-refractivity contribution in [1.29, 1.82) is 0 Å². The van der Waals surface area contributed by atoms with E-state index in [9.17, 15) is 9.59 Å². The zero-order chi connectivity index (χ0) is 23.7. The number of hydrogen-bond acceptors (Lipinski definition) is 8. The highest BCUT2D eigenvalue weighted by atomic mass is 32.1. The molecule has 0 spiro atoms. The van der Waals surface area contributed by atoms with Crippen LogP contribution in [0.2, 0.25) is 0 Å². The van der Waals surface area contributed by atoms with Gasteiger partial charge in [-0.2, -0.15) is 0 Å². The van der Waals surface area contributed by atoms with Gasteiger partial charge in [0, 0.05) is 23.2 Å². The van der Waals surface area contributed by atoms with Gasteiger partial charge in [0.25, 0.3) is 5.91 Å². The van der Waals surface area contributed by atoms with Gasteiger partial charge in [0.05, 0.1) is 42.6 Å². The topological polar surface area (TPSA) is 120 Å². The Morgan fingerprint density at radius 2 is 1.91 bits per heavy atom. The molecule has 1 fully saturated rings. The summed E-state index contributed by atoms with van der Waals surface area (Å²) in [6.07, 6.45) is 1.47. The third kappa shape index (κ3) is 4.13. The summed E-state index contributed by atoms with van der Waals surface area (Å²) in [6.45, 7) is 2.01. The number of fused-ring (bicyclic) bond motifs is 3. The van der Waals surface area contributed by atoms with Crippen LogP contribution in [-0.4, -0.2) is 66.6 Å². The lowest BCUT2D eigenvalue weighted by Gasteiger charge is -2.26. The molecule has 4 aromatic rings. The Kier molecular flexibility index (Phi) is 5.99. The predicted octanol–water partition coefficient (Wildman–Crippen LogP) is 2.69. The smallest absolute Gasteiger partial charge is 0.255 e. The molecule has 0 atom stereocenters. The van der Waals surface area contributed by atoms with Crippen molar-refractivity contribution in [2.45, 2.75) is 0 Å². The second kappa shape index (κ2) is 9.24. The van der Waals surface area contributed by atoms with Crippen LogP contribution in [0.4, 0.5) is 5.82 Å². The lowest BCUT2D eigenvalue weighted by Crippen LogP contribution is -2.45. The van der Waals surface area contributed by atoms with Gasteiger partial charge in [-0.05, 0) is 29.3 Å². The highest BCUT2D eigenvalue weighted by Crippen LogP contribution is 2.37. The molecule has 0 saturated carbocycles. The van der Waals surface area contributed by atoms with E-state index in [1.54, 1.807) is 17.0 Å². The van der Waals surface area contributed by atoms with Gasteiger partial charge in [0.15, 0.2) is 0 Å². The number of carbonyl (C=O) groups is 2. The minimum absolute atomic E-state index is 0.0809. The third-order valence-electron chi connectivity index (χ3n) is 5.82. The van der Waals surface area contributed by atoms with Crippen LogP contribution in [0, 0.1) is 0 Å². The van der Waals surface area contributed by atoms with Crippen molar-refractivity contribution < 1.29 is 19.1 Å². The quantitative estimate of drug-likeness (QED) is 0.453. The molecule has 3 heterocycles. The number of benzene rings is 2. The van der Waals surface area contributed by atoms with Gasteiger partial charge in [-0.1, -0.05) is 18.2 Å². The van der Waals surface area contributed by atoms with Crippen LogP contribution < -0.4 is 15.8 Å². The maximum Gasteiger partial charge on any atom is 0.255 e. The molecule has 1 aliphatic heterocycles. The summed E-state index contributed by atoms with van der Waals surface area (Å²) >= 11 is 1.54. The molecule has 0 unspecified atom stereocenters. The van der Waals surface area contributed by atoms with Crippen molar-refractivity contribution in [3.8, 4) is 16.9 Å². The Morgan fingerprint density at radius 1 is 1.15 bits per heavy atom. The minimum atomic E-state index is -0.369. The number of methoxy groups -OCH3 is 1. The van der Waals surface area contributed by atoms with Gasteiger partial charge in [-0.15, -0.1) is 11.3 Å². The van der Waals surface area contributed by atoms with Crippen LogP contribution in [0.1, 0.15) is 10.4 Å². The van der Waals surface area contributed by atoms with Gasteiger partial charge < -0.3 is 25.4 Å². The average Bonchev–Trinajstić information content (AvgIpc) is 3.26. The molecule has 2 amide bonds. The summed E-state index contributed by atoms with van der Waals surface area (Å²) in [7, 11) is 1.51. The number of rotatable bonds is 5. The summed E-state index contributed by atoms with van der Waals surface area (Å²) in [5.41, 5.74) is 9.00. The molecule has 1 aliphatic rings. The summed E-state index contributed by atoms with van der Waals surface area (Å²) in [5, 5.41) is 3.73. The number of anilines is 1. The lowest BCUT2D eigenvalue weighted by molar-refractivity contribution is -0.134. The van der Waals surface area contributed by atoms with Crippen molar-refractivity contribution in [2.24, 2.45) is 0 Å². The largest absolute Gasteiger partial charge is 0.496 e. The fraction of sp³-hybridized carbons (Fsp3) is 0.250. The van der Waals surface area contributed by atoms with Crippen LogP contribution in [0.15, 0.2) is 42.7 Å². The third-order valence-corrected chi connectivity index (χ3v) is 6.99. The van der Waals surface area contributed by atoms with Gasteiger partial charge in [-0.3, -0.25) is 9.59 Å². The Labute approximate surface area is 199 Å². The number of carbonyl (C=O) groups excluding carboxylic acids is 2. The molecule has 10 heteroatoms. The normalized spacial score (nSPS) is 13.9. The number of amides is 2. The number of ether oxygens (including phenoxy) is 2. The first-order chi connectivity index (χ1) is 16.5. The maximum absolute atomic E-state index is 12.9. The van der Waals surface area contributed by atoms with Crippen LogP contribution >= 0.6 is 11.3 Å². The van der Waals surface area contributed by atoms with Crippen LogP contribution in [0.3, 0.4) is 0 Å². The Morgan fingerprint density at radius 3 is 2.71 bits per heavy atom. The molecule has 34 heavy (non-hydrogen) atoms. The summed E-state index contributed by atoms with van der Waals surface area (Å²) < 4.78 is 12.6. The molecular formula is C24H23N5O4S. The van der Waals surface area contributed by atoms with Crippen molar-refractivity contribution in [3.63, 3.8) is 0 Å². The standard InChI is InChI=1S/C24H23N5O4S/c1-32-18-5-3-14(10-17(18)24(31)26-12-20(30)29-6-8-33-9-7-29)15-2-4-16-19(11-15)34-22-21(16)27-13-28-23(22)25/h2-5,10-11,13H,6-9,12H2,1H3,(H,26,31)(H2,25,27,28). The average molecular weight is 478 g/mol. The second-order valence-corrected chi connectivity index (χ2v) is 8.89. The molecule has 2 aromatic heterocycles. The van der Waals surface area contributed by atoms with Crippen molar-refractivity contribution in [3.05, 3.63) is 48.3 Å². The van der Waals surface area contributed by atoms with Crippen molar-refractivity contribution in [1.82, 2.24) is 20.2 Å². The molecular weight excluding hydrogens is 454 g/mol. The van der Waals surface area contributed by atoms with Crippen LogP contribution in [-0.2, 0) is 9.53 Å². The van der Waals surface area contributed by atoms with Gasteiger partial charge in [0.1, 0.15) is 17.9 Å². The number of nitrogens with one attached hydrogen (secondary N) is 1. The number of hydrogen-bond donors (Lipinski definition) is 2. The summed E-state index contributed by atoms with van der Waals surface area (Å²) in [6, 6.07) is 11.5. The van der Waals surface area contributed by atoms with Crippen molar-refractivity contribution >= 4 is 49.3 Å². The zero-order valence-electron chi connectivity index (χ0n) is 18.5. The highest BCUT2D eigenvalue weighted by Gasteiger charge is 2.20. The second-order valence-electron chi connectivity index (χ2n) is 7.84.